The maximum absolute atomic E-state index is 11.4. The molecule has 94 valence electrons. The van der Waals surface area contributed by atoms with Crippen LogP contribution < -0.4 is 16.4 Å². The van der Waals surface area contributed by atoms with Gasteiger partial charge in [0.15, 0.2) is 5.82 Å². The van der Waals surface area contributed by atoms with E-state index in [0.717, 1.165) is 30.4 Å². The molecule has 1 amide bonds. The van der Waals surface area contributed by atoms with Gasteiger partial charge in [-0.2, -0.15) is 4.37 Å². The molecule has 6 heteroatoms. The van der Waals surface area contributed by atoms with E-state index in [-0.39, 0.29) is 5.82 Å². The van der Waals surface area contributed by atoms with E-state index in [2.05, 4.69) is 16.2 Å². The van der Waals surface area contributed by atoms with Crippen LogP contribution in [0, 0.1) is 5.92 Å². The summed E-state index contributed by atoms with van der Waals surface area (Å²) in [6, 6.07) is 0. The lowest BCUT2D eigenvalue weighted by molar-refractivity contribution is 0.100. The molecule has 0 aliphatic heterocycles. The van der Waals surface area contributed by atoms with Gasteiger partial charge in [0, 0.05) is 13.1 Å². The molecular weight excluding hydrogens is 236 g/mol. The topological polar surface area (TPSA) is 85.2 Å². The van der Waals surface area contributed by atoms with E-state index in [1.165, 1.54) is 24.4 Å². The van der Waals surface area contributed by atoms with E-state index in [0.29, 0.717) is 5.56 Å². The number of nitrogen functional groups attached to an aromatic ring is 1. The number of hydrogen-bond donors (Lipinski definition) is 2. The highest BCUT2D eigenvalue weighted by Crippen LogP contribution is 2.35. The minimum Gasteiger partial charge on any atom is -0.382 e. The van der Waals surface area contributed by atoms with Crippen LogP contribution in [0.1, 0.15) is 36.5 Å². The van der Waals surface area contributed by atoms with Gasteiger partial charge >= 0.3 is 0 Å². The summed E-state index contributed by atoms with van der Waals surface area (Å²) < 4.78 is 4.05. The summed E-state index contributed by atoms with van der Waals surface area (Å²) in [5, 5.41) is 0.837. The fraction of sp³-hybridized carbons (Fsp3) is 0.636. The first-order chi connectivity index (χ1) is 8.13. The third-order valence-electron chi connectivity index (χ3n) is 2.90. The van der Waals surface area contributed by atoms with Gasteiger partial charge in [-0.15, -0.1) is 0 Å². The number of rotatable bonds is 6. The summed E-state index contributed by atoms with van der Waals surface area (Å²) in [6.07, 6.45) is 3.59. The Morgan fingerprint density at radius 1 is 1.59 bits per heavy atom. The summed E-state index contributed by atoms with van der Waals surface area (Å²) >= 11 is 1.27. The summed E-state index contributed by atoms with van der Waals surface area (Å²) in [6.45, 7) is 4.02. The van der Waals surface area contributed by atoms with Gasteiger partial charge in [-0.1, -0.05) is 6.92 Å². The number of carbonyl (C=O) groups is 1. The first-order valence-corrected chi connectivity index (χ1v) is 6.70. The van der Waals surface area contributed by atoms with Crippen LogP contribution in [0.2, 0.25) is 0 Å². The number of amides is 1. The molecule has 4 N–H and O–H groups in total. The van der Waals surface area contributed by atoms with E-state index in [1.807, 2.05) is 0 Å². The predicted molar refractivity (Wildman–Crippen MR) is 70.3 cm³/mol. The van der Waals surface area contributed by atoms with Crippen molar-refractivity contribution in [1.82, 2.24) is 4.37 Å². The quantitative estimate of drug-likeness (QED) is 0.804. The second-order valence-corrected chi connectivity index (χ2v) is 5.25. The molecule has 2 rings (SSSR count). The fourth-order valence-electron chi connectivity index (χ4n) is 1.90. The monoisotopic (exact) mass is 254 g/mol. The normalized spacial score (nSPS) is 14.9. The van der Waals surface area contributed by atoms with Crippen LogP contribution >= 0.6 is 11.5 Å². The van der Waals surface area contributed by atoms with Crippen LogP contribution in [0.3, 0.4) is 0 Å². The third kappa shape index (κ3) is 2.69. The molecule has 0 aromatic carbocycles. The van der Waals surface area contributed by atoms with Gasteiger partial charge in [0.1, 0.15) is 10.6 Å². The van der Waals surface area contributed by atoms with Gasteiger partial charge in [-0.25, -0.2) is 0 Å². The summed E-state index contributed by atoms with van der Waals surface area (Å²) in [5.74, 6) is 0.531. The minimum absolute atomic E-state index is 0.259. The van der Waals surface area contributed by atoms with Crippen molar-refractivity contribution in [2.45, 2.75) is 26.2 Å². The van der Waals surface area contributed by atoms with Crippen LogP contribution in [0.25, 0.3) is 0 Å². The largest absolute Gasteiger partial charge is 0.382 e. The molecule has 1 aliphatic rings. The lowest BCUT2D eigenvalue weighted by atomic mass is 10.2. The number of anilines is 2. The van der Waals surface area contributed by atoms with Crippen molar-refractivity contribution in [3.8, 4) is 0 Å². The predicted octanol–water partition coefficient (Wildman–Crippen LogP) is 1.45. The van der Waals surface area contributed by atoms with Gasteiger partial charge in [0.05, 0.1) is 0 Å². The summed E-state index contributed by atoms with van der Waals surface area (Å²) in [5.41, 5.74) is 11.4. The van der Waals surface area contributed by atoms with E-state index in [4.69, 9.17) is 11.5 Å². The van der Waals surface area contributed by atoms with Crippen molar-refractivity contribution >= 4 is 28.3 Å². The molecule has 1 fully saturated rings. The Morgan fingerprint density at radius 3 is 2.82 bits per heavy atom. The number of nitrogens with zero attached hydrogens (tertiary/aromatic N) is 2. The van der Waals surface area contributed by atoms with Crippen molar-refractivity contribution in [2.24, 2.45) is 11.7 Å². The number of aromatic nitrogens is 1. The first kappa shape index (κ1) is 12.2. The molecule has 0 atom stereocenters. The van der Waals surface area contributed by atoms with Gasteiger partial charge in [-0.3, -0.25) is 4.79 Å². The van der Waals surface area contributed by atoms with Gasteiger partial charge in [0.25, 0.3) is 5.91 Å². The smallest absolute Gasteiger partial charge is 0.255 e. The van der Waals surface area contributed by atoms with Crippen molar-refractivity contribution in [3.63, 3.8) is 0 Å². The summed E-state index contributed by atoms with van der Waals surface area (Å²) in [7, 11) is 0. The third-order valence-corrected chi connectivity index (χ3v) is 3.83. The number of hydrogen-bond acceptors (Lipinski definition) is 5. The molecule has 17 heavy (non-hydrogen) atoms. The minimum atomic E-state index is -0.483. The van der Waals surface area contributed by atoms with Crippen LogP contribution in [0.15, 0.2) is 0 Å². The Morgan fingerprint density at radius 2 is 2.29 bits per heavy atom. The standard InChI is InChI=1S/C11H18N4OS/c1-2-5-15(6-7-3-4-7)11-8(10(13)16)9(12)14-17-11/h7H,2-6H2,1H3,(H2,12,14)(H2,13,16). The molecule has 1 aliphatic carbocycles. The van der Waals surface area contributed by atoms with E-state index in [9.17, 15) is 4.79 Å². The zero-order valence-electron chi connectivity index (χ0n) is 9.98. The molecule has 0 bridgehead atoms. The molecule has 1 aromatic rings. The Balaban J connectivity index is 2.24. The van der Waals surface area contributed by atoms with Crippen molar-refractivity contribution in [2.75, 3.05) is 23.7 Å². The van der Waals surface area contributed by atoms with Crippen molar-refractivity contribution < 1.29 is 4.79 Å². The molecule has 1 aromatic heterocycles. The van der Waals surface area contributed by atoms with E-state index < -0.39 is 5.91 Å². The second-order valence-electron chi connectivity index (χ2n) is 4.50. The molecular formula is C11H18N4OS. The van der Waals surface area contributed by atoms with Crippen molar-refractivity contribution in [3.05, 3.63) is 5.56 Å². The van der Waals surface area contributed by atoms with Gasteiger partial charge < -0.3 is 16.4 Å². The first-order valence-electron chi connectivity index (χ1n) is 5.93. The van der Waals surface area contributed by atoms with Crippen LogP contribution in [-0.4, -0.2) is 23.4 Å². The zero-order valence-corrected chi connectivity index (χ0v) is 10.8. The molecule has 0 spiro atoms. The van der Waals surface area contributed by atoms with Gasteiger partial charge in [-0.05, 0) is 36.7 Å². The van der Waals surface area contributed by atoms with Crippen LogP contribution in [-0.2, 0) is 0 Å². The number of primary amides is 1. The summed E-state index contributed by atoms with van der Waals surface area (Å²) in [4.78, 5) is 13.6. The number of carbonyl (C=O) groups excluding carboxylic acids is 1. The highest BCUT2D eigenvalue weighted by Gasteiger charge is 2.28. The van der Waals surface area contributed by atoms with E-state index >= 15 is 0 Å². The fourth-order valence-corrected chi connectivity index (χ4v) is 2.75. The second kappa shape index (κ2) is 4.91. The Bertz CT molecular complexity index is 414. The van der Waals surface area contributed by atoms with E-state index in [1.54, 1.807) is 0 Å². The molecule has 5 nitrogen and oxygen atoms in total. The zero-order chi connectivity index (χ0) is 12.4. The van der Waals surface area contributed by atoms with Crippen molar-refractivity contribution in [1.29, 1.82) is 0 Å². The van der Waals surface area contributed by atoms with Crippen LogP contribution in [0.4, 0.5) is 10.8 Å². The molecule has 0 radical (unpaired) electrons. The molecule has 0 saturated heterocycles. The highest BCUT2D eigenvalue weighted by atomic mass is 32.1. The van der Waals surface area contributed by atoms with Crippen LogP contribution in [0.5, 0.6) is 0 Å². The lowest BCUT2D eigenvalue weighted by Crippen LogP contribution is -2.28. The maximum Gasteiger partial charge on any atom is 0.255 e. The van der Waals surface area contributed by atoms with Gasteiger partial charge in [0.2, 0.25) is 0 Å². The SMILES string of the molecule is CCCN(CC1CC1)c1snc(N)c1C(N)=O. The molecule has 1 saturated carbocycles. The Hall–Kier alpha value is -1.30. The Labute approximate surface area is 105 Å². The molecule has 1 heterocycles. The average Bonchev–Trinajstić information content (AvgIpc) is 2.99. The highest BCUT2D eigenvalue weighted by molar-refractivity contribution is 7.11. The lowest BCUT2D eigenvalue weighted by Gasteiger charge is -2.22. The average molecular weight is 254 g/mol. The maximum atomic E-state index is 11.4. The number of nitrogens with two attached hydrogens (primary N) is 2. The molecule has 0 unspecified atom stereocenters. The Kier molecular flexibility index (Phi) is 3.51.